The third-order valence-electron chi connectivity index (χ3n) is 15.8. The molecule has 0 saturated carbocycles. The Labute approximate surface area is 494 Å². The summed E-state index contributed by atoms with van der Waals surface area (Å²) in [5.74, 6) is -5.16. The maximum atomic E-state index is 14.3. The van der Waals surface area contributed by atoms with Crippen molar-refractivity contribution in [3.8, 4) is 0 Å². The van der Waals surface area contributed by atoms with Crippen molar-refractivity contribution in [1.29, 1.82) is 0 Å². The van der Waals surface area contributed by atoms with E-state index in [4.69, 9.17) is 14.2 Å². The highest BCUT2D eigenvalue weighted by atomic mass is 16.6. The number of ether oxygens (including phenoxy) is 3. The number of rotatable bonds is 33. The molecule has 10 amide bonds. The van der Waals surface area contributed by atoms with E-state index in [1.54, 1.807) is 89.9 Å². The van der Waals surface area contributed by atoms with Gasteiger partial charge in [0.1, 0.15) is 18.7 Å². The van der Waals surface area contributed by atoms with Gasteiger partial charge in [0.05, 0.1) is 61.9 Å². The van der Waals surface area contributed by atoms with Gasteiger partial charge in [-0.1, -0.05) is 104 Å². The van der Waals surface area contributed by atoms with Gasteiger partial charge in [0.15, 0.2) is 0 Å². The van der Waals surface area contributed by atoms with Crippen LogP contribution in [0.25, 0.3) is 0 Å². The standard InChI is InChI=1S/C61H91N9O14/c1-13-39(6)55(46(82-11)33-51(75)69-32-20-23-45(69)57(83-12)40(7)58(78)64-41(8)56(77)43-21-16-14-17-22-43)67(9)52(76)35-63-60(80)54(38(4)5)68(10)61(81)84-36-42-25-27-44(28-26-42)65-48(72)34-62-59(79)53(37(2)3)66-47(71)24-18-15-19-31-70-49(73)29-30-50(70)74/h14,16-17,21-22,25-30,37-41,45-46,53-57,77H,13,15,18-20,23-24,31-36H2,1-12H3,(H,62,79)(H,63,80)(H,64,78)(H,65,72)(H,66,71)/t39-,40+,41+,45-,46+,53?,54?,55?,56+,57+/m0/s1. The fraction of sp³-hybridized carbons (Fsp3) is 0.607. The molecule has 4 rings (SSSR count). The Bertz CT molecular complexity index is 2560. The van der Waals surface area contributed by atoms with Crippen LogP contribution in [0.2, 0.25) is 0 Å². The molecule has 1 saturated heterocycles. The molecule has 464 valence electrons. The van der Waals surface area contributed by atoms with Gasteiger partial charge in [-0.3, -0.25) is 53.0 Å². The van der Waals surface area contributed by atoms with Crippen LogP contribution in [0.15, 0.2) is 66.7 Å². The summed E-state index contributed by atoms with van der Waals surface area (Å²) in [5.41, 5.74) is 1.64. The molecule has 0 bridgehead atoms. The van der Waals surface area contributed by atoms with Crippen molar-refractivity contribution >= 4 is 64.9 Å². The minimum absolute atomic E-state index is 0.0714. The Balaban J connectivity index is 1.24. The lowest BCUT2D eigenvalue weighted by molar-refractivity contribution is -0.146. The number of amides is 10. The van der Waals surface area contributed by atoms with E-state index >= 15 is 0 Å². The summed E-state index contributed by atoms with van der Waals surface area (Å²) in [6, 6.07) is 12.0. The number of hydrogen-bond acceptors (Lipinski definition) is 14. The number of nitrogens with one attached hydrogen (secondary N) is 5. The normalized spacial score (nSPS) is 17.3. The number of carbonyl (C=O) groups is 10. The number of methoxy groups -OCH3 is 2. The molecule has 84 heavy (non-hydrogen) atoms. The zero-order valence-corrected chi connectivity index (χ0v) is 51.0. The second-order valence-electron chi connectivity index (χ2n) is 22.6. The lowest BCUT2D eigenvalue weighted by atomic mass is 9.90. The fourth-order valence-corrected chi connectivity index (χ4v) is 10.7. The van der Waals surface area contributed by atoms with Gasteiger partial charge >= 0.3 is 6.09 Å². The maximum absolute atomic E-state index is 14.3. The number of anilines is 1. The number of unbranched alkanes of at least 4 members (excludes halogenated alkanes) is 2. The zero-order chi connectivity index (χ0) is 62.4. The third kappa shape index (κ3) is 20.0. The largest absolute Gasteiger partial charge is 0.445 e. The molecule has 2 aromatic carbocycles. The molecule has 3 unspecified atom stereocenters. The smallest absolute Gasteiger partial charge is 0.410 e. The fourth-order valence-electron chi connectivity index (χ4n) is 10.7. The average Bonchev–Trinajstić information content (AvgIpc) is 4.24. The van der Waals surface area contributed by atoms with E-state index in [1.165, 1.54) is 38.3 Å². The molecular weight excluding hydrogens is 1080 g/mol. The lowest BCUT2D eigenvalue weighted by Gasteiger charge is -2.39. The van der Waals surface area contributed by atoms with E-state index in [9.17, 15) is 53.1 Å². The van der Waals surface area contributed by atoms with Gasteiger partial charge in [-0.05, 0) is 73.6 Å². The number of imide groups is 1. The van der Waals surface area contributed by atoms with Gasteiger partial charge in [-0.15, -0.1) is 0 Å². The van der Waals surface area contributed by atoms with Crippen LogP contribution in [-0.2, 0) is 64.0 Å². The predicted molar refractivity (Wildman–Crippen MR) is 314 cm³/mol. The molecule has 0 radical (unpaired) electrons. The third-order valence-corrected chi connectivity index (χ3v) is 15.8. The average molecular weight is 1170 g/mol. The van der Waals surface area contributed by atoms with Gasteiger partial charge in [0.2, 0.25) is 41.4 Å². The number of hydrogen-bond donors (Lipinski definition) is 6. The van der Waals surface area contributed by atoms with Gasteiger partial charge in [-0.2, -0.15) is 0 Å². The summed E-state index contributed by atoms with van der Waals surface area (Å²) < 4.78 is 17.5. The zero-order valence-electron chi connectivity index (χ0n) is 51.0. The molecule has 0 aliphatic carbocycles. The first kappa shape index (κ1) is 69.3. The van der Waals surface area contributed by atoms with Crippen molar-refractivity contribution in [2.24, 2.45) is 23.7 Å². The second-order valence-corrected chi connectivity index (χ2v) is 22.6. The van der Waals surface area contributed by atoms with Crippen molar-refractivity contribution in [1.82, 2.24) is 40.9 Å². The first-order chi connectivity index (χ1) is 39.8. The molecule has 1 fully saturated rings. The second kappa shape index (κ2) is 33.9. The molecule has 2 heterocycles. The summed E-state index contributed by atoms with van der Waals surface area (Å²) in [4.78, 5) is 136. The van der Waals surface area contributed by atoms with E-state index in [0.717, 1.165) is 9.80 Å². The van der Waals surface area contributed by atoms with Crippen LogP contribution in [0.3, 0.4) is 0 Å². The van der Waals surface area contributed by atoms with E-state index in [0.29, 0.717) is 61.9 Å². The molecule has 0 aromatic heterocycles. The van der Waals surface area contributed by atoms with Crippen molar-refractivity contribution in [3.63, 3.8) is 0 Å². The van der Waals surface area contributed by atoms with Crippen LogP contribution < -0.4 is 26.6 Å². The summed E-state index contributed by atoms with van der Waals surface area (Å²) in [6.45, 7) is 14.2. The van der Waals surface area contributed by atoms with Gasteiger partial charge in [0, 0.05) is 65.7 Å². The van der Waals surface area contributed by atoms with Crippen LogP contribution in [-0.4, -0.2) is 181 Å². The van der Waals surface area contributed by atoms with Crippen LogP contribution in [0.5, 0.6) is 0 Å². The molecule has 2 aliphatic heterocycles. The van der Waals surface area contributed by atoms with Gasteiger partial charge < -0.3 is 55.7 Å². The highest BCUT2D eigenvalue weighted by Gasteiger charge is 2.43. The molecule has 10 atom stereocenters. The van der Waals surface area contributed by atoms with Gasteiger partial charge in [-0.25, -0.2) is 4.79 Å². The highest BCUT2D eigenvalue weighted by Crippen LogP contribution is 2.30. The van der Waals surface area contributed by atoms with Crippen LogP contribution in [0.4, 0.5) is 10.5 Å². The highest BCUT2D eigenvalue weighted by molar-refractivity contribution is 6.12. The summed E-state index contributed by atoms with van der Waals surface area (Å²) in [5, 5.41) is 24.5. The minimum Gasteiger partial charge on any atom is -0.445 e. The molecular formula is C61H91N9O14. The van der Waals surface area contributed by atoms with E-state index in [1.807, 2.05) is 32.0 Å². The van der Waals surface area contributed by atoms with Crippen LogP contribution in [0, 0.1) is 23.7 Å². The Hall–Kier alpha value is -7.24. The molecule has 2 aliphatic rings. The quantitative estimate of drug-likeness (QED) is 0.0431. The van der Waals surface area contributed by atoms with Crippen molar-refractivity contribution in [2.45, 2.75) is 162 Å². The van der Waals surface area contributed by atoms with E-state index < -0.39 is 96.6 Å². The Morgan fingerprint density at radius 2 is 1.38 bits per heavy atom. The minimum atomic E-state index is -1.03. The molecule has 6 N–H and O–H groups in total. The summed E-state index contributed by atoms with van der Waals surface area (Å²) in [7, 11) is 6.04. The molecule has 23 heteroatoms. The number of carbonyl (C=O) groups excluding carboxylic acids is 10. The Kier molecular flexibility index (Phi) is 27.9. The first-order valence-corrected chi connectivity index (χ1v) is 29.2. The number of nitrogens with zero attached hydrogens (tertiary/aromatic N) is 4. The molecule has 23 nitrogen and oxygen atoms in total. The van der Waals surface area contributed by atoms with Crippen molar-refractivity contribution < 1.29 is 67.3 Å². The maximum Gasteiger partial charge on any atom is 0.410 e. The number of aliphatic hydroxyl groups excluding tert-OH is 1. The monoisotopic (exact) mass is 1170 g/mol. The number of aliphatic hydroxyl groups is 1. The number of likely N-dealkylation sites (tertiary alicyclic amines) is 1. The van der Waals surface area contributed by atoms with Crippen molar-refractivity contribution in [3.05, 3.63) is 77.9 Å². The Morgan fingerprint density at radius 1 is 0.738 bits per heavy atom. The molecule has 0 spiro atoms. The summed E-state index contributed by atoms with van der Waals surface area (Å²) >= 11 is 0. The first-order valence-electron chi connectivity index (χ1n) is 29.2. The SMILES string of the molecule is CC[C@H](C)C([C@@H](CC(=O)N1CCC[C@H]1[C@H](OC)[C@@H](C)C(=O)N[C@H](C)[C@@H](O)c1ccccc1)OC)N(C)C(=O)CNC(=O)C(C(C)C)N(C)C(=O)OCc1ccc(NC(=O)CNC(=O)C(NC(=O)CCCCCN2C(=O)C=CC2=O)C(C)C)cc1. The summed E-state index contributed by atoms with van der Waals surface area (Å²) in [6.07, 6.45) is 2.97. The van der Waals surface area contributed by atoms with Crippen LogP contribution >= 0.6 is 0 Å². The molecule has 2 aromatic rings. The topological polar surface area (TPSA) is 292 Å². The van der Waals surface area contributed by atoms with Gasteiger partial charge in [0.25, 0.3) is 11.8 Å². The number of benzene rings is 2. The lowest BCUT2D eigenvalue weighted by Crippen LogP contribution is -2.56. The van der Waals surface area contributed by atoms with E-state index in [2.05, 4.69) is 26.6 Å². The number of likely N-dealkylation sites (N-methyl/N-ethyl adjacent to an activating group) is 2. The van der Waals surface area contributed by atoms with E-state index in [-0.39, 0.29) is 73.9 Å². The Morgan fingerprint density at radius 3 is 1.98 bits per heavy atom. The van der Waals surface area contributed by atoms with Crippen LogP contribution in [0.1, 0.15) is 124 Å². The van der Waals surface area contributed by atoms with Crippen molar-refractivity contribution in [2.75, 3.05) is 59.8 Å². The predicted octanol–water partition coefficient (Wildman–Crippen LogP) is 4.24.